The monoisotopic (exact) mass is 290 g/mol. The Morgan fingerprint density at radius 1 is 1.60 bits per heavy atom. The number of thiazole rings is 1. The number of hydrogen-bond donors (Lipinski definition) is 1. The summed E-state index contributed by atoms with van der Waals surface area (Å²) in [4.78, 5) is 25.7. The number of carbonyl (C=O) groups excluding carboxylic acids is 1. The maximum atomic E-state index is 12.3. The predicted octanol–water partition coefficient (Wildman–Crippen LogP) is 2.45. The first kappa shape index (κ1) is 13.3. The molecule has 20 heavy (non-hydrogen) atoms. The molecule has 1 atom stereocenters. The van der Waals surface area contributed by atoms with Crippen LogP contribution in [0.1, 0.15) is 46.9 Å². The van der Waals surface area contributed by atoms with Crippen LogP contribution in [0.2, 0.25) is 0 Å². The number of rotatable bonds is 3. The Hall–Kier alpha value is -1.69. The third kappa shape index (κ3) is 2.60. The molecule has 1 fully saturated rings. The summed E-state index contributed by atoms with van der Waals surface area (Å²) in [6.45, 7) is 3.70. The minimum Gasteiger partial charge on any atom is -0.341 e. The van der Waals surface area contributed by atoms with Crippen molar-refractivity contribution in [3.63, 3.8) is 0 Å². The summed E-state index contributed by atoms with van der Waals surface area (Å²) in [6, 6.07) is 0. The molecule has 1 aliphatic heterocycles. The summed E-state index contributed by atoms with van der Waals surface area (Å²) >= 11 is 1.72. The lowest BCUT2D eigenvalue weighted by molar-refractivity contribution is 0.0701. The van der Waals surface area contributed by atoms with Gasteiger partial charge in [-0.15, -0.1) is 11.3 Å². The van der Waals surface area contributed by atoms with Gasteiger partial charge in [-0.1, -0.05) is 6.92 Å². The van der Waals surface area contributed by atoms with Crippen LogP contribution < -0.4 is 0 Å². The first-order valence-corrected chi connectivity index (χ1v) is 7.88. The third-order valence-corrected chi connectivity index (χ3v) is 4.77. The molecular weight excluding hydrogens is 272 g/mol. The minimum atomic E-state index is 0.0412. The molecule has 1 aliphatic rings. The topological polar surface area (TPSA) is 61.9 Å². The van der Waals surface area contributed by atoms with E-state index in [-0.39, 0.29) is 5.91 Å². The Bertz CT molecular complexity index is 578. The van der Waals surface area contributed by atoms with Crippen molar-refractivity contribution < 1.29 is 4.79 Å². The van der Waals surface area contributed by atoms with E-state index < -0.39 is 0 Å². The van der Waals surface area contributed by atoms with Crippen LogP contribution in [0, 0.1) is 0 Å². The zero-order valence-corrected chi connectivity index (χ0v) is 12.3. The molecule has 0 unspecified atom stereocenters. The fourth-order valence-corrected chi connectivity index (χ4v) is 3.61. The van der Waals surface area contributed by atoms with Gasteiger partial charge in [-0.2, -0.15) is 0 Å². The van der Waals surface area contributed by atoms with Crippen molar-refractivity contribution >= 4 is 17.2 Å². The van der Waals surface area contributed by atoms with E-state index in [4.69, 9.17) is 0 Å². The van der Waals surface area contributed by atoms with Crippen LogP contribution in [-0.4, -0.2) is 38.8 Å². The Kier molecular flexibility index (Phi) is 3.82. The van der Waals surface area contributed by atoms with Crippen molar-refractivity contribution in [1.82, 2.24) is 19.9 Å². The van der Waals surface area contributed by atoms with Gasteiger partial charge in [0.05, 0.1) is 23.2 Å². The van der Waals surface area contributed by atoms with Gasteiger partial charge in [-0.3, -0.25) is 4.79 Å². The van der Waals surface area contributed by atoms with E-state index in [0.717, 1.165) is 38.0 Å². The molecule has 2 aromatic rings. The van der Waals surface area contributed by atoms with Crippen LogP contribution >= 0.6 is 11.3 Å². The van der Waals surface area contributed by atoms with E-state index in [1.165, 1.54) is 5.01 Å². The second kappa shape index (κ2) is 5.75. The van der Waals surface area contributed by atoms with E-state index in [0.29, 0.717) is 11.6 Å². The number of aromatic nitrogens is 3. The highest BCUT2D eigenvalue weighted by Crippen LogP contribution is 2.29. The standard InChI is InChI=1S/C14H18N4OS/c1-2-11-8-20-13(17-11)10-4-3-5-18(7-10)14(19)12-6-15-9-16-12/h6,8-10H,2-5,7H2,1H3,(H,15,16)/t10-/m1/s1. The highest BCUT2D eigenvalue weighted by Gasteiger charge is 2.27. The fraction of sp³-hybridized carbons (Fsp3) is 0.500. The van der Waals surface area contributed by atoms with E-state index in [2.05, 4.69) is 27.3 Å². The maximum absolute atomic E-state index is 12.3. The number of hydrogen-bond acceptors (Lipinski definition) is 4. The summed E-state index contributed by atoms with van der Waals surface area (Å²) < 4.78 is 0. The fourth-order valence-electron chi connectivity index (χ4n) is 2.58. The molecule has 0 aliphatic carbocycles. The van der Waals surface area contributed by atoms with Crippen molar-refractivity contribution in [2.45, 2.75) is 32.1 Å². The molecule has 6 heteroatoms. The second-order valence-electron chi connectivity index (χ2n) is 5.09. The zero-order valence-electron chi connectivity index (χ0n) is 11.5. The van der Waals surface area contributed by atoms with Gasteiger partial charge in [-0.05, 0) is 19.3 Å². The second-order valence-corrected chi connectivity index (χ2v) is 5.98. The number of nitrogens with zero attached hydrogens (tertiary/aromatic N) is 3. The number of carbonyl (C=O) groups is 1. The van der Waals surface area contributed by atoms with Crippen molar-refractivity contribution in [3.8, 4) is 0 Å². The lowest BCUT2D eigenvalue weighted by Gasteiger charge is -2.31. The third-order valence-electron chi connectivity index (χ3n) is 3.72. The predicted molar refractivity (Wildman–Crippen MR) is 78.0 cm³/mol. The number of piperidine rings is 1. The van der Waals surface area contributed by atoms with Gasteiger partial charge in [0.1, 0.15) is 5.69 Å². The van der Waals surface area contributed by atoms with Gasteiger partial charge in [0.15, 0.2) is 0 Å². The number of H-pyrrole nitrogens is 1. The van der Waals surface area contributed by atoms with Crippen molar-refractivity contribution in [1.29, 1.82) is 0 Å². The number of nitrogens with one attached hydrogen (secondary N) is 1. The maximum Gasteiger partial charge on any atom is 0.271 e. The quantitative estimate of drug-likeness (QED) is 0.944. The summed E-state index contributed by atoms with van der Waals surface area (Å²) in [5.74, 6) is 0.417. The van der Waals surface area contributed by atoms with Crippen molar-refractivity contribution in [2.24, 2.45) is 0 Å². The van der Waals surface area contributed by atoms with Gasteiger partial charge in [0, 0.05) is 24.4 Å². The van der Waals surface area contributed by atoms with Gasteiger partial charge in [-0.25, -0.2) is 9.97 Å². The summed E-state index contributed by atoms with van der Waals surface area (Å²) in [7, 11) is 0. The molecule has 0 aromatic carbocycles. The number of aromatic amines is 1. The Morgan fingerprint density at radius 2 is 2.50 bits per heavy atom. The van der Waals surface area contributed by atoms with Crippen LogP contribution in [0.25, 0.3) is 0 Å². The van der Waals surface area contributed by atoms with E-state index in [1.54, 1.807) is 23.9 Å². The highest BCUT2D eigenvalue weighted by atomic mass is 32.1. The van der Waals surface area contributed by atoms with Crippen LogP contribution in [0.5, 0.6) is 0 Å². The first-order valence-electron chi connectivity index (χ1n) is 7.00. The molecule has 0 radical (unpaired) electrons. The largest absolute Gasteiger partial charge is 0.341 e. The number of amides is 1. The number of likely N-dealkylation sites (tertiary alicyclic amines) is 1. The van der Waals surface area contributed by atoms with Crippen molar-refractivity contribution in [2.75, 3.05) is 13.1 Å². The van der Waals surface area contributed by atoms with Gasteiger partial charge in [0.25, 0.3) is 5.91 Å². The zero-order chi connectivity index (χ0) is 13.9. The van der Waals surface area contributed by atoms with E-state index >= 15 is 0 Å². The van der Waals surface area contributed by atoms with Gasteiger partial charge in [0.2, 0.25) is 0 Å². The Labute approximate surface area is 122 Å². The van der Waals surface area contributed by atoms with E-state index in [9.17, 15) is 4.79 Å². The number of aryl methyl sites for hydroxylation is 1. The molecule has 0 bridgehead atoms. The average Bonchev–Trinajstić information content (AvgIpc) is 3.17. The van der Waals surface area contributed by atoms with Crippen LogP contribution in [0.15, 0.2) is 17.9 Å². The molecule has 2 aromatic heterocycles. The Morgan fingerprint density at radius 3 is 3.20 bits per heavy atom. The lowest BCUT2D eigenvalue weighted by atomic mass is 9.98. The minimum absolute atomic E-state index is 0.0412. The first-order chi connectivity index (χ1) is 9.78. The molecule has 1 saturated heterocycles. The average molecular weight is 290 g/mol. The molecule has 106 valence electrons. The summed E-state index contributed by atoms with van der Waals surface area (Å²) in [5, 5.41) is 3.30. The molecule has 3 rings (SSSR count). The van der Waals surface area contributed by atoms with Gasteiger partial charge >= 0.3 is 0 Å². The highest BCUT2D eigenvalue weighted by molar-refractivity contribution is 7.09. The van der Waals surface area contributed by atoms with E-state index in [1.807, 2.05) is 4.90 Å². The molecule has 3 heterocycles. The van der Waals surface area contributed by atoms with Crippen LogP contribution in [0.4, 0.5) is 0 Å². The van der Waals surface area contributed by atoms with Crippen molar-refractivity contribution in [3.05, 3.63) is 34.3 Å². The Balaban J connectivity index is 1.71. The molecule has 0 saturated carbocycles. The molecule has 1 N–H and O–H groups in total. The summed E-state index contributed by atoms with van der Waals surface area (Å²) in [5.41, 5.74) is 1.72. The molecule has 0 spiro atoms. The lowest BCUT2D eigenvalue weighted by Crippen LogP contribution is -2.39. The molecule has 5 nitrogen and oxygen atoms in total. The number of imidazole rings is 1. The molecule has 1 amide bonds. The summed E-state index contributed by atoms with van der Waals surface area (Å²) in [6.07, 6.45) is 6.25. The SMILES string of the molecule is CCc1csc([C@@H]2CCCN(C(=O)c3cnc[nH]3)C2)n1. The van der Waals surface area contributed by atoms with Gasteiger partial charge < -0.3 is 9.88 Å². The molecular formula is C14H18N4OS. The van der Waals surface area contributed by atoms with Crippen LogP contribution in [-0.2, 0) is 6.42 Å². The smallest absolute Gasteiger partial charge is 0.271 e. The van der Waals surface area contributed by atoms with Crippen LogP contribution in [0.3, 0.4) is 0 Å². The normalized spacial score (nSPS) is 19.2.